The summed E-state index contributed by atoms with van der Waals surface area (Å²) in [5, 5.41) is 0.369. The molecule has 0 atom stereocenters. The molecule has 1 heterocycles. The Labute approximate surface area is 113 Å². The van der Waals surface area contributed by atoms with Crippen molar-refractivity contribution in [3.05, 3.63) is 46.0 Å². The van der Waals surface area contributed by atoms with Crippen LogP contribution in [-0.4, -0.2) is 5.78 Å². The molecule has 0 aliphatic heterocycles. The number of rotatable bonds is 3. The summed E-state index contributed by atoms with van der Waals surface area (Å²) in [6, 6.07) is 8.09. The minimum Gasteiger partial charge on any atom is -0.293 e. The molecule has 1 aliphatic carbocycles. The number of thiophene rings is 1. The summed E-state index contributed by atoms with van der Waals surface area (Å²) in [6.07, 6.45) is 2.00. The van der Waals surface area contributed by atoms with Crippen LogP contribution in [0.15, 0.2) is 30.3 Å². The minimum absolute atomic E-state index is 0.215. The third kappa shape index (κ3) is 2.33. The smallest absolute Gasteiger partial charge is 0.175 e. The molecule has 92 valence electrons. The Hall–Kier alpha value is -1.19. The predicted octanol–water partition coefficient (Wildman–Crippen LogP) is 4.80. The van der Waals surface area contributed by atoms with Crippen LogP contribution in [0.25, 0.3) is 10.4 Å². The predicted molar refractivity (Wildman–Crippen MR) is 71.8 cm³/mol. The maximum atomic E-state index is 13.3. The Morgan fingerprint density at radius 3 is 2.72 bits per heavy atom. The molecule has 3 rings (SSSR count). The van der Waals surface area contributed by atoms with Gasteiger partial charge in [-0.3, -0.25) is 4.79 Å². The van der Waals surface area contributed by atoms with Gasteiger partial charge in [-0.15, -0.1) is 11.3 Å². The molecule has 4 heteroatoms. The fraction of sp³-hybridized carbons (Fsp3) is 0.214. The van der Waals surface area contributed by atoms with Crippen LogP contribution in [0.1, 0.15) is 22.5 Å². The van der Waals surface area contributed by atoms with E-state index in [9.17, 15) is 9.18 Å². The molecule has 1 aromatic heterocycles. The molecule has 0 saturated heterocycles. The number of carbonyl (C=O) groups is 1. The van der Waals surface area contributed by atoms with Gasteiger partial charge in [0.05, 0.1) is 4.88 Å². The van der Waals surface area contributed by atoms with Gasteiger partial charge in [0.2, 0.25) is 0 Å². The Balaban J connectivity index is 1.94. The summed E-state index contributed by atoms with van der Waals surface area (Å²) in [7, 11) is 0. The van der Waals surface area contributed by atoms with E-state index < -0.39 is 0 Å². The molecule has 0 spiro atoms. The molecule has 0 bridgehead atoms. The van der Waals surface area contributed by atoms with Crippen LogP contribution in [-0.2, 0) is 0 Å². The number of ketones is 1. The Morgan fingerprint density at radius 1 is 1.28 bits per heavy atom. The minimum atomic E-state index is -0.360. The largest absolute Gasteiger partial charge is 0.293 e. The number of Topliss-reactive ketones (excluding diaryl/α,β-unsaturated/α-hetero) is 1. The molecule has 0 unspecified atom stereocenters. The molecule has 1 aromatic carbocycles. The second kappa shape index (κ2) is 4.48. The highest BCUT2D eigenvalue weighted by atomic mass is 35.5. The maximum Gasteiger partial charge on any atom is 0.175 e. The summed E-state index contributed by atoms with van der Waals surface area (Å²) in [5.74, 6) is 0.0716. The van der Waals surface area contributed by atoms with E-state index in [1.54, 1.807) is 6.07 Å². The molecule has 0 amide bonds. The summed E-state index contributed by atoms with van der Waals surface area (Å²) >= 11 is 7.23. The zero-order valence-corrected chi connectivity index (χ0v) is 11.0. The van der Waals surface area contributed by atoms with Crippen molar-refractivity contribution >= 4 is 28.7 Å². The molecule has 1 fully saturated rings. The summed E-state index contributed by atoms with van der Waals surface area (Å²) < 4.78 is 13.3. The normalized spacial score (nSPS) is 14.8. The van der Waals surface area contributed by atoms with Crippen LogP contribution in [0.4, 0.5) is 4.39 Å². The van der Waals surface area contributed by atoms with Crippen molar-refractivity contribution in [2.75, 3.05) is 0 Å². The van der Waals surface area contributed by atoms with Crippen molar-refractivity contribution in [3.63, 3.8) is 0 Å². The van der Waals surface area contributed by atoms with Gasteiger partial charge in [-0.25, -0.2) is 4.39 Å². The van der Waals surface area contributed by atoms with Crippen LogP contribution in [0, 0.1) is 11.7 Å². The maximum absolute atomic E-state index is 13.3. The molecule has 0 N–H and O–H groups in total. The molecule has 18 heavy (non-hydrogen) atoms. The Morgan fingerprint density at radius 2 is 2.06 bits per heavy atom. The first kappa shape index (κ1) is 11.9. The van der Waals surface area contributed by atoms with Crippen LogP contribution >= 0.6 is 22.9 Å². The molecular formula is C14H10ClFOS. The highest BCUT2D eigenvalue weighted by molar-refractivity contribution is 7.17. The fourth-order valence-electron chi connectivity index (χ4n) is 1.87. The van der Waals surface area contributed by atoms with E-state index in [2.05, 4.69) is 0 Å². The number of benzene rings is 1. The monoisotopic (exact) mass is 280 g/mol. The van der Waals surface area contributed by atoms with Crippen LogP contribution in [0.2, 0.25) is 5.02 Å². The zero-order valence-electron chi connectivity index (χ0n) is 9.45. The number of carbonyl (C=O) groups excluding carboxylic acids is 1. The highest BCUT2D eigenvalue weighted by Gasteiger charge is 2.31. The van der Waals surface area contributed by atoms with Gasteiger partial charge >= 0.3 is 0 Å². The average Bonchev–Trinajstić information content (AvgIpc) is 3.04. The lowest BCUT2D eigenvalue weighted by molar-refractivity contribution is 0.0971. The molecule has 2 aromatic rings. The van der Waals surface area contributed by atoms with E-state index >= 15 is 0 Å². The van der Waals surface area contributed by atoms with E-state index in [4.69, 9.17) is 11.6 Å². The lowest BCUT2D eigenvalue weighted by Crippen LogP contribution is -1.96. The van der Waals surface area contributed by atoms with E-state index in [0.717, 1.165) is 28.2 Å². The van der Waals surface area contributed by atoms with Gasteiger partial charge < -0.3 is 0 Å². The Bertz CT molecular complexity index is 596. The number of hydrogen-bond acceptors (Lipinski definition) is 2. The van der Waals surface area contributed by atoms with Crippen molar-refractivity contribution in [2.24, 2.45) is 5.92 Å². The van der Waals surface area contributed by atoms with Crippen LogP contribution < -0.4 is 0 Å². The van der Waals surface area contributed by atoms with E-state index in [-0.39, 0.29) is 17.5 Å². The van der Waals surface area contributed by atoms with Crippen LogP contribution in [0.3, 0.4) is 0 Å². The van der Waals surface area contributed by atoms with Crippen molar-refractivity contribution in [2.45, 2.75) is 12.8 Å². The van der Waals surface area contributed by atoms with Gasteiger partial charge in [0.15, 0.2) is 5.78 Å². The third-order valence-corrected chi connectivity index (χ3v) is 4.31. The second-order valence-electron chi connectivity index (χ2n) is 4.46. The second-order valence-corrected chi connectivity index (χ2v) is 5.98. The van der Waals surface area contributed by atoms with E-state index in [1.807, 2.05) is 12.1 Å². The van der Waals surface area contributed by atoms with Gasteiger partial charge in [0.25, 0.3) is 0 Å². The standard InChI is InChI=1S/C14H10ClFOS/c15-10-5-9(6-11(16)7-10)12-3-4-13(18-12)14(17)8-1-2-8/h3-8H,1-2H2. The van der Waals surface area contributed by atoms with Gasteiger partial charge in [-0.05, 0) is 48.7 Å². The van der Waals surface area contributed by atoms with Crippen molar-refractivity contribution < 1.29 is 9.18 Å². The van der Waals surface area contributed by atoms with Gasteiger partial charge in [0.1, 0.15) is 5.82 Å². The first-order valence-corrected chi connectivity index (χ1v) is 6.93. The highest BCUT2D eigenvalue weighted by Crippen LogP contribution is 2.37. The van der Waals surface area contributed by atoms with Crippen molar-refractivity contribution in [1.82, 2.24) is 0 Å². The van der Waals surface area contributed by atoms with Gasteiger partial charge in [0, 0.05) is 15.8 Å². The topological polar surface area (TPSA) is 17.1 Å². The number of hydrogen-bond donors (Lipinski definition) is 0. The van der Waals surface area contributed by atoms with E-state index in [0.29, 0.717) is 5.02 Å². The summed E-state index contributed by atoms with van der Waals surface area (Å²) in [5.41, 5.74) is 0.722. The SMILES string of the molecule is O=C(c1ccc(-c2cc(F)cc(Cl)c2)s1)C1CC1. The number of halogens is 2. The summed E-state index contributed by atoms with van der Waals surface area (Å²) in [6.45, 7) is 0. The lowest BCUT2D eigenvalue weighted by Gasteiger charge is -1.99. The third-order valence-electron chi connectivity index (χ3n) is 2.94. The van der Waals surface area contributed by atoms with Crippen LogP contribution in [0.5, 0.6) is 0 Å². The van der Waals surface area contributed by atoms with Gasteiger partial charge in [-0.1, -0.05) is 11.6 Å². The lowest BCUT2D eigenvalue weighted by atomic mass is 10.2. The molecule has 1 saturated carbocycles. The first-order valence-electron chi connectivity index (χ1n) is 5.74. The first-order chi connectivity index (χ1) is 8.63. The molecule has 1 aliphatic rings. The van der Waals surface area contributed by atoms with Crippen molar-refractivity contribution in [3.8, 4) is 10.4 Å². The zero-order chi connectivity index (χ0) is 12.7. The molecular weight excluding hydrogens is 271 g/mol. The van der Waals surface area contributed by atoms with Gasteiger partial charge in [-0.2, -0.15) is 0 Å². The summed E-state index contributed by atoms with van der Waals surface area (Å²) in [4.78, 5) is 13.5. The molecule has 0 radical (unpaired) electrons. The fourth-order valence-corrected chi connectivity index (χ4v) is 3.10. The van der Waals surface area contributed by atoms with Crippen molar-refractivity contribution in [1.29, 1.82) is 0 Å². The Kier molecular flexibility index (Phi) is 2.96. The average molecular weight is 281 g/mol. The van der Waals surface area contributed by atoms with E-state index in [1.165, 1.54) is 23.5 Å². The molecule has 1 nitrogen and oxygen atoms in total. The quantitative estimate of drug-likeness (QED) is 0.738.